The molecule has 0 N–H and O–H groups in total. The lowest BCUT2D eigenvalue weighted by molar-refractivity contribution is -0.134. The van der Waals surface area contributed by atoms with Crippen LogP contribution in [0.3, 0.4) is 0 Å². The normalized spacial score (nSPS) is 18.7. The molecule has 0 bridgehead atoms. The fourth-order valence-electron chi connectivity index (χ4n) is 1.20. The highest BCUT2D eigenvalue weighted by molar-refractivity contribution is 6.36. The van der Waals surface area contributed by atoms with Gasteiger partial charge in [0.05, 0.1) is 0 Å². The molecule has 0 spiro atoms. The highest BCUT2D eigenvalue weighted by Gasteiger charge is 2.33. The Labute approximate surface area is 89.9 Å². The molecule has 84 valence electrons. The van der Waals surface area contributed by atoms with Gasteiger partial charge in [0.25, 0.3) is 0 Å². The van der Waals surface area contributed by atoms with Crippen LogP contribution in [-0.2, 0) is 14.4 Å². The summed E-state index contributed by atoms with van der Waals surface area (Å²) in [5.74, 6) is -0.388. The van der Waals surface area contributed by atoms with Crippen LogP contribution in [0.2, 0.25) is 0 Å². The molecule has 1 aliphatic heterocycles. The summed E-state index contributed by atoms with van der Waals surface area (Å²) in [5.41, 5.74) is -0.0157. The van der Waals surface area contributed by atoms with Crippen molar-refractivity contribution in [3.63, 3.8) is 0 Å². The van der Waals surface area contributed by atoms with E-state index in [9.17, 15) is 4.79 Å². The van der Waals surface area contributed by atoms with Crippen molar-refractivity contribution >= 4 is 11.7 Å². The molecular weight excluding hydrogens is 194 g/mol. The Morgan fingerprint density at radius 1 is 1.60 bits per heavy atom. The van der Waals surface area contributed by atoms with Crippen LogP contribution in [0.4, 0.5) is 0 Å². The number of ether oxygens (including phenoxy) is 1. The lowest BCUT2D eigenvalue weighted by Crippen LogP contribution is -2.23. The number of rotatable bonds is 4. The molecule has 1 rings (SSSR count). The fourth-order valence-corrected chi connectivity index (χ4v) is 1.20. The second-order valence-corrected chi connectivity index (χ2v) is 4.04. The van der Waals surface area contributed by atoms with Crippen LogP contribution in [-0.4, -0.2) is 23.9 Å². The summed E-state index contributed by atoms with van der Waals surface area (Å²) in [6.07, 6.45) is 5.21. The first-order valence-electron chi connectivity index (χ1n) is 5.12. The Hall–Kier alpha value is -1.32. The third-order valence-electron chi connectivity index (χ3n) is 1.94. The van der Waals surface area contributed by atoms with Gasteiger partial charge in [0.1, 0.15) is 12.2 Å². The zero-order chi connectivity index (χ0) is 11.3. The van der Waals surface area contributed by atoms with Crippen molar-refractivity contribution in [3.05, 3.63) is 12.2 Å². The number of carbonyl (C=O) groups excluding carboxylic acids is 1. The summed E-state index contributed by atoms with van der Waals surface area (Å²) in [6.45, 7) is 6.09. The summed E-state index contributed by atoms with van der Waals surface area (Å²) in [5, 5.41) is 3.71. The standard InChI is InChI=1S/C11H17NO3/c1-4-5-6-7-14-10(13)9-8-11(2,3)15-12-9/h5-6H,4,7-8H2,1-3H3/b6-5+. The van der Waals surface area contributed by atoms with Gasteiger partial charge in [-0.25, -0.2) is 4.79 Å². The van der Waals surface area contributed by atoms with Gasteiger partial charge in [-0.1, -0.05) is 24.2 Å². The van der Waals surface area contributed by atoms with Crippen molar-refractivity contribution in [2.75, 3.05) is 6.61 Å². The van der Waals surface area contributed by atoms with Gasteiger partial charge in [0, 0.05) is 6.42 Å². The van der Waals surface area contributed by atoms with E-state index in [0.717, 1.165) is 6.42 Å². The molecule has 1 aliphatic rings. The summed E-state index contributed by atoms with van der Waals surface area (Å²) >= 11 is 0. The monoisotopic (exact) mass is 211 g/mol. The second kappa shape index (κ2) is 4.96. The minimum Gasteiger partial charge on any atom is -0.457 e. The molecule has 4 nitrogen and oxygen atoms in total. The first-order valence-corrected chi connectivity index (χ1v) is 5.12. The zero-order valence-electron chi connectivity index (χ0n) is 9.45. The van der Waals surface area contributed by atoms with E-state index in [1.54, 1.807) is 0 Å². The van der Waals surface area contributed by atoms with Gasteiger partial charge < -0.3 is 9.57 Å². The molecule has 0 aromatic rings. The van der Waals surface area contributed by atoms with Crippen LogP contribution >= 0.6 is 0 Å². The number of hydrogen-bond acceptors (Lipinski definition) is 4. The quantitative estimate of drug-likeness (QED) is 0.528. The average Bonchev–Trinajstić information content (AvgIpc) is 2.53. The SMILES string of the molecule is CC/C=C/COC(=O)C1=NOC(C)(C)C1. The smallest absolute Gasteiger partial charge is 0.356 e. The minimum atomic E-state index is -0.388. The maximum Gasteiger partial charge on any atom is 0.356 e. The van der Waals surface area contributed by atoms with E-state index in [0.29, 0.717) is 18.7 Å². The molecule has 0 radical (unpaired) electrons. The Kier molecular flexibility index (Phi) is 3.88. The van der Waals surface area contributed by atoms with Crippen LogP contribution in [0.5, 0.6) is 0 Å². The van der Waals surface area contributed by atoms with Gasteiger partial charge in [-0.2, -0.15) is 0 Å². The Morgan fingerprint density at radius 3 is 2.87 bits per heavy atom. The van der Waals surface area contributed by atoms with Gasteiger partial charge in [0.2, 0.25) is 0 Å². The number of allylic oxidation sites excluding steroid dienone is 1. The largest absolute Gasteiger partial charge is 0.457 e. The second-order valence-electron chi connectivity index (χ2n) is 4.04. The van der Waals surface area contributed by atoms with Crippen LogP contribution in [0, 0.1) is 0 Å². The van der Waals surface area contributed by atoms with Crippen molar-refractivity contribution in [2.24, 2.45) is 5.16 Å². The van der Waals surface area contributed by atoms with E-state index < -0.39 is 0 Å². The van der Waals surface area contributed by atoms with Gasteiger partial charge >= 0.3 is 5.97 Å². The molecular formula is C11H17NO3. The van der Waals surface area contributed by atoms with E-state index in [1.807, 2.05) is 32.9 Å². The minimum absolute atomic E-state index is 0.298. The number of carbonyl (C=O) groups is 1. The van der Waals surface area contributed by atoms with E-state index in [-0.39, 0.29) is 11.6 Å². The maximum absolute atomic E-state index is 11.4. The first kappa shape index (κ1) is 11.8. The Morgan fingerprint density at radius 2 is 2.33 bits per heavy atom. The fraction of sp³-hybridized carbons (Fsp3) is 0.636. The van der Waals surface area contributed by atoms with Crippen LogP contribution in [0.1, 0.15) is 33.6 Å². The lowest BCUT2D eigenvalue weighted by Gasteiger charge is -2.12. The number of oxime groups is 1. The average molecular weight is 211 g/mol. The van der Waals surface area contributed by atoms with Crippen molar-refractivity contribution in [3.8, 4) is 0 Å². The molecule has 0 aromatic heterocycles. The molecule has 0 saturated heterocycles. The summed E-state index contributed by atoms with van der Waals surface area (Å²) < 4.78 is 4.98. The predicted octanol–water partition coefficient (Wildman–Crippen LogP) is 2.05. The Bertz CT molecular complexity index is 292. The summed E-state index contributed by atoms with van der Waals surface area (Å²) in [6, 6.07) is 0. The van der Waals surface area contributed by atoms with Gasteiger partial charge in [0.15, 0.2) is 5.71 Å². The van der Waals surface area contributed by atoms with Crippen molar-refractivity contribution in [1.29, 1.82) is 0 Å². The van der Waals surface area contributed by atoms with Gasteiger partial charge in [-0.05, 0) is 20.3 Å². The predicted molar refractivity (Wildman–Crippen MR) is 57.6 cm³/mol. The molecule has 0 amide bonds. The highest BCUT2D eigenvalue weighted by Crippen LogP contribution is 2.22. The van der Waals surface area contributed by atoms with Crippen LogP contribution < -0.4 is 0 Å². The lowest BCUT2D eigenvalue weighted by atomic mass is 10.0. The topological polar surface area (TPSA) is 47.9 Å². The number of nitrogens with zero attached hydrogens (tertiary/aromatic N) is 1. The summed E-state index contributed by atoms with van der Waals surface area (Å²) in [4.78, 5) is 16.5. The van der Waals surface area contributed by atoms with Crippen LogP contribution in [0.25, 0.3) is 0 Å². The third-order valence-corrected chi connectivity index (χ3v) is 1.94. The third kappa shape index (κ3) is 3.73. The molecule has 0 fully saturated rings. The van der Waals surface area contributed by atoms with E-state index >= 15 is 0 Å². The van der Waals surface area contributed by atoms with E-state index in [4.69, 9.17) is 9.57 Å². The highest BCUT2D eigenvalue weighted by atomic mass is 16.7. The molecule has 0 aromatic carbocycles. The molecule has 0 atom stereocenters. The Balaban J connectivity index is 2.33. The molecule has 0 saturated carbocycles. The van der Waals surface area contributed by atoms with Gasteiger partial charge in [-0.15, -0.1) is 0 Å². The van der Waals surface area contributed by atoms with E-state index in [1.165, 1.54) is 0 Å². The van der Waals surface area contributed by atoms with Crippen molar-refractivity contribution in [2.45, 2.75) is 39.2 Å². The van der Waals surface area contributed by atoms with Crippen molar-refractivity contribution in [1.82, 2.24) is 0 Å². The summed E-state index contributed by atoms with van der Waals surface area (Å²) in [7, 11) is 0. The zero-order valence-corrected chi connectivity index (χ0v) is 9.45. The first-order chi connectivity index (χ1) is 7.05. The number of esters is 1. The molecule has 0 unspecified atom stereocenters. The maximum atomic E-state index is 11.4. The molecule has 15 heavy (non-hydrogen) atoms. The van der Waals surface area contributed by atoms with Crippen molar-refractivity contribution < 1.29 is 14.4 Å². The molecule has 0 aliphatic carbocycles. The molecule has 4 heteroatoms. The van der Waals surface area contributed by atoms with Gasteiger partial charge in [-0.3, -0.25) is 0 Å². The van der Waals surface area contributed by atoms with Crippen LogP contribution in [0.15, 0.2) is 17.3 Å². The molecule has 1 heterocycles. The number of hydrogen-bond donors (Lipinski definition) is 0. The van der Waals surface area contributed by atoms with E-state index in [2.05, 4.69) is 5.16 Å².